The number of hydrogen-bond donors (Lipinski definition) is 0. The zero-order chi connectivity index (χ0) is 25.3. The van der Waals surface area contributed by atoms with Gasteiger partial charge < -0.3 is 9.30 Å². The number of rotatable bonds is 7. The van der Waals surface area contributed by atoms with Gasteiger partial charge in [-0.25, -0.2) is 12.8 Å². The van der Waals surface area contributed by atoms with Crippen molar-refractivity contribution < 1.29 is 17.5 Å². The van der Waals surface area contributed by atoms with Crippen LogP contribution in [0.25, 0.3) is 10.9 Å². The summed E-state index contributed by atoms with van der Waals surface area (Å²) in [6.45, 7) is 6.21. The van der Waals surface area contributed by atoms with Crippen LogP contribution in [0.2, 0.25) is 0 Å². The maximum Gasteiger partial charge on any atom is 0.243 e. The van der Waals surface area contributed by atoms with E-state index in [1.165, 1.54) is 28.8 Å². The van der Waals surface area contributed by atoms with Crippen LogP contribution in [0.4, 0.5) is 4.39 Å². The Morgan fingerprint density at radius 2 is 1.61 bits per heavy atom. The van der Waals surface area contributed by atoms with E-state index >= 15 is 0 Å². The zero-order valence-electron chi connectivity index (χ0n) is 20.7. The quantitative estimate of drug-likeness (QED) is 0.304. The van der Waals surface area contributed by atoms with Crippen LogP contribution in [0, 0.1) is 12.7 Å². The average molecular weight is 507 g/mol. The predicted octanol–water partition coefficient (Wildman–Crippen LogP) is 6.10. The second kappa shape index (κ2) is 10.1. The van der Waals surface area contributed by atoms with Gasteiger partial charge in [-0.3, -0.25) is 0 Å². The topological polar surface area (TPSA) is 51.5 Å². The van der Waals surface area contributed by atoms with Gasteiger partial charge in [-0.15, -0.1) is 0 Å². The maximum atomic E-state index is 13.4. The van der Waals surface area contributed by atoms with Crippen LogP contribution < -0.4 is 4.74 Å². The molecule has 0 N–H and O–H groups in total. The molecule has 1 aliphatic heterocycles. The molecule has 0 spiro atoms. The first-order valence-electron chi connectivity index (χ1n) is 12.4. The van der Waals surface area contributed by atoms with Gasteiger partial charge in [0.1, 0.15) is 11.6 Å². The summed E-state index contributed by atoms with van der Waals surface area (Å²) in [6, 6.07) is 21.7. The van der Waals surface area contributed by atoms with E-state index in [2.05, 4.69) is 29.7 Å². The van der Waals surface area contributed by atoms with Gasteiger partial charge in [0.2, 0.25) is 10.0 Å². The number of nitrogens with zero attached hydrogens (tertiary/aromatic N) is 2. The SMILES string of the molecule is CCOc1ccc(S(=O)(=O)N2CCC(c3c(C)n(Cc4ccc(F)cc4)c4ccccc34)CC2)cc1. The Morgan fingerprint density at radius 3 is 2.28 bits per heavy atom. The summed E-state index contributed by atoms with van der Waals surface area (Å²) < 4.78 is 49.3. The minimum atomic E-state index is -3.55. The van der Waals surface area contributed by atoms with E-state index in [0.29, 0.717) is 36.9 Å². The molecule has 0 saturated carbocycles. The van der Waals surface area contributed by atoms with Crippen molar-refractivity contribution in [3.63, 3.8) is 0 Å². The highest BCUT2D eigenvalue weighted by Gasteiger charge is 2.32. The van der Waals surface area contributed by atoms with E-state index in [-0.39, 0.29) is 11.7 Å². The molecule has 188 valence electrons. The number of aromatic nitrogens is 1. The lowest BCUT2D eigenvalue weighted by molar-refractivity contribution is 0.319. The van der Waals surface area contributed by atoms with Crippen molar-refractivity contribution in [3.8, 4) is 5.75 Å². The van der Waals surface area contributed by atoms with Crippen molar-refractivity contribution in [2.24, 2.45) is 0 Å². The van der Waals surface area contributed by atoms with Crippen LogP contribution in [0.3, 0.4) is 0 Å². The van der Waals surface area contributed by atoms with Crippen LogP contribution in [0.5, 0.6) is 5.75 Å². The molecule has 5 rings (SSSR count). The third-order valence-corrected chi connectivity index (χ3v) is 9.08. The highest BCUT2D eigenvalue weighted by molar-refractivity contribution is 7.89. The number of sulfonamides is 1. The zero-order valence-corrected chi connectivity index (χ0v) is 21.5. The lowest BCUT2D eigenvalue weighted by Crippen LogP contribution is -2.38. The van der Waals surface area contributed by atoms with Gasteiger partial charge >= 0.3 is 0 Å². The molecule has 3 aromatic carbocycles. The largest absolute Gasteiger partial charge is 0.494 e. The molecule has 1 saturated heterocycles. The van der Waals surface area contributed by atoms with Crippen LogP contribution >= 0.6 is 0 Å². The third-order valence-electron chi connectivity index (χ3n) is 7.17. The van der Waals surface area contributed by atoms with E-state index in [0.717, 1.165) is 23.9 Å². The van der Waals surface area contributed by atoms with Crippen molar-refractivity contribution in [2.75, 3.05) is 19.7 Å². The summed E-state index contributed by atoms with van der Waals surface area (Å²) in [7, 11) is -3.55. The lowest BCUT2D eigenvalue weighted by atomic mass is 9.88. The Morgan fingerprint density at radius 1 is 0.944 bits per heavy atom. The molecule has 0 aliphatic carbocycles. The average Bonchev–Trinajstić information content (AvgIpc) is 3.17. The van der Waals surface area contributed by atoms with Crippen molar-refractivity contribution in [2.45, 2.75) is 44.0 Å². The van der Waals surface area contributed by atoms with Crippen molar-refractivity contribution in [3.05, 3.63) is 95.4 Å². The molecule has 0 unspecified atom stereocenters. The molecule has 0 amide bonds. The number of piperidine rings is 1. The fourth-order valence-corrected chi connectivity index (χ4v) is 6.83. The molecule has 1 aliphatic rings. The number of hydrogen-bond acceptors (Lipinski definition) is 3. The van der Waals surface area contributed by atoms with E-state index < -0.39 is 10.0 Å². The molecule has 0 atom stereocenters. The fraction of sp³-hybridized carbons (Fsp3) is 0.310. The Kier molecular flexibility index (Phi) is 6.86. The summed E-state index contributed by atoms with van der Waals surface area (Å²) >= 11 is 0. The molecular formula is C29H31FN2O3S. The Hall–Kier alpha value is -3.16. The first kappa shape index (κ1) is 24.5. The van der Waals surface area contributed by atoms with Crippen LogP contribution in [-0.2, 0) is 16.6 Å². The number of halogens is 1. The van der Waals surface area contributed by atoms with E-state index in [1.54, 1.807) is 28.6 Å². The van der Waals surface area contributed by atoms with Gasteiger partial charge in [-0.05, 0) is 86.2 Å². The second-order valence-electron chi connectivity index (χ2n) is 9.31. The number of benzene rings is 3. The van der Waals surface area contributed by atoms with E-state index in [1.807, 2.05) is 25.1 Å². The lowest BCUT2D eigenvalue weighted by Gasteiger charge is -2.31. The van der Waals surface area contributed by atoms with Gasteiger partial charge in [0.05, 0.1) is 11.5 Å². The first-order valence-corrected chi connectivity index (χ1v) is 13.9. The summed E-state index contributed by atoms with van der Waals surface area (Å²) in [5.41, 5.74) is 4.68. The van der Waals surface area contributed by atoms with Gasteiger partial charge in [0, 0.05) is 36.2 Å². The highest BCUT2D eigenvalue weighted by Crippen LogP contribution is 2.38. The van der Waals surface area contributed by atoms with Gasteiger partial charge in [-0.2, -0.15) is 4.31 Å². The smallest absolute Gasteiger partial charge is 0.243 e. The Bertz CT molecular complexity index is 1450. The molecule has 1 aromatic heterocycles. The monoisotopic (exact) mass is 506 g/mol. The molecule has 0 radical (unpaired) electrons. The van der Waals surface area contributed by atoms with Gasteiger partial charge in [0.25, 0.3) is 0 Å². The second-order valence-corrected chi connectivity index (χ2v) is 11.2. The minimum Gasteiger partial charge on any atom is -0.494 e. The maximum absolute atomic E-state index is 13.4. The summed E-state index contributed by atoms with van der Waals surface area (Å²) in [5.74, 6) is 0.708. The number of para-hydroxylation sites is 1. The van der Waals surface area contributed by atoms with Crippen molar-refractivity contribution >= 4 is 20.9 Å². The molecule has 4 aromatic rings. The summed E-state index contributed by atoms with van der Waals surface area (Å²) in [5, 5.41) is 1.21. The van der Waals surface area contributed by atoms with Crippen LogP contribution in [0.15, 0.2) is 77.7 Å². The predicted molar refractivity (Wildman–Crippen MR) is 141 cm³/mol. The number of ether oxygens (including phenoxy) is 1. The normalized spacial score (nSPS) is 15.4. The molecule has 1 fully saturated rings. The van der Waals surface area contributed by atoms with Gasteiger partial charge in [-0.1, -0.05) is 30.3 Å². The summed E-state index contributed by atoms with van der Waals surface area (Å²) in [6.07, 6.45) is 1.53. The standard InChI is InChI=1S/C29H31FN2O3S/c1-3-35-25-12-14-26(15-13-25)36(33,34)31-18-16-23(17-19-31)29-21(2)32(28-7-5-4-6-27(28)29)20-22-8-10-24(30)11-9-22/h4-15,23H,3,16-20H2,1-2H3. The third kappa shape index (κ3) is 4.65. The number of fused-ring (bicyclic) bond motifs is 1. The van der Waals surface area contributed by atoms with Crippen molar-refractivity contribution in [1.82, 2.24) is 8.87 Å². The molecule has 0 bridgehead atoms. The molecule has 7 heteroatoms. The Labute approximate surface area is 212 Å². The first-order chi connectivity index (χ1) is 17.4. The van der Waals surface area contributed by atoms with E-state index in [4.69, 9.17) is 4.74 Å². The fourth-order valence-electron chi connectivity index (χ4n) is 5.36. The molecule has 2 heterocycles. The van der Waals surface area contributed by atoms with Crippen LogP contribution in [-0.4, -0.2) is 37.0 Å². The van der Waals surface area contributed by atoms with E-state index in [9.17, 15) is 12.8 Å². The molecule has 5 nitrogen and oxygen atoms in total. The minimum absolute atomic E-state index is 0.236. The van der Waals surface area contributed by atoms with Gasteiger partial charge in [0.15, 0.2) is 0 Å². The van der Waals surface area contributed by atoms with Crippen molar-refractivity contribution in [1.29, 1.82) is 0 Å². The Balaban J connectivity index is 1.38. The summed E-state index contributed by atoms with van der Waals surface area (Å²) in [4.78, 5) is 0.302. The molecule has 36 heavy (non-hydrogen) atoms. The molecular weight excluding hydrogens is 475 g/mol. The van der Waals surface area contributed by atoms with Crippen LogP contribution in [0.1, 0.15) is 42.5 Å². The highest BCUT2D eigenvalue weighted by atomic mass is 32.2.